The second-order valence-electron chi connectivity index (χ2n) is 8.33. The number of ether oxygens (including phenoxy) is 1. The van der Waals surface area contributed by atoms with Gasteiger partial charge in [-0.05, 0) is 73.0 Å². The number of anilines is 1. The van der Waals surface area contributed by atoms with E-state index in [1.165, 1.54) is 16.2 Å². The summed E-state index contributed by atoms with van der Waals surface area (Å²) in [5, 5.41) is 12.1. The fourth-order valence-corrected chi connectivity index (χ4v) is 5.48. The van der Waals surface area contributed by atoms with Crippen LogP contribution in [0, 0.1) is 0 Å². The number of hydrogen-bond donors (Lipinski definition) is 1. The van der Waals surface area contributed by atoms with Crippen LogP contribution in [0.15, 0.2) is 72.3 Å². The Balaban J connectivity index is 1.69. The number of benzene rings is 3. The number of amides is 1. The first-order valence-electron chi connectivity index (χ1n) is 11.6. The molecule has 1 fully saturated rings. The molecule has 0 radical (unpaired) electrons. The first kappa shape index (κ1) is 24.0. The molecular weight excluding hydrogens is 496 g/mol. The maximum absolute atomic E-state index is 13.4. The molecule has 1 aromatic heterocycles. The van der Waals surface area contributed by atoms with Crippen LogP contribution in [-0.2, 0) is 16.0 Å². The summed E-state index contributed by atoms with van der Waals surface area (Å²) in [6.07, 6.45) is 0.876. The lowest BCUT2D eigenvalue weighted by molar-refractivity contribution is -0.132. The van der Waals surface area contributed by atoms with E-state index in [4.69, 9.17) is 16.3 Å². The second-order valence-corrected chi connectivity index (χ2v) is 9.78. The third kappa shape index (κ3) is 4.25. The number of fused-ring (bicyclic) bond motifs is 1. The number of carbonyl (C=O) groups is 2. The van der Waals surface area contributed by atoms with E-state index in [1.807, 2.05) is 25.1 Å². The lowest BCUT2D eigenvalue weighted by Gasteiger charge is -2.23. The highest BCUT2D eigenvalue weighted by atomic mass is 35.5. The minimum atomic E-state index is -0.859. The fraction of sp³-hybridized carbons (Fsp3) is 0.179. The summed E-state index contributed by atoms with van der Waals surface area (Å²) in [4.78, 5) is 32.8. The summed E-state index contributed by atoms with van der Waals surface area (Å²) in [7, 11) is 0. The molecule has 0 aliphatic carbocycles. The molecule has 1 aliphatic rings. The van der Waals surface area contributed by atoms with Crippen molar-refractivity contribution in [3.63, 3.8) is 0 Å². The first-order chi connectivity index (χ1) is 17.4. The van der Waals surface area contributed by atoms with Gasteiger partial charge >= 0.3 is 5.91 Å². The van der Waals surface area contributed by atoms with Crippen LogP contribution in [0.4, 0.5) is 5.13 Å². The Morgan fingerprint density at radius 2 is 1.78 bits per heavy atom. The molecule has 6 nitrogen and oxygen atoms in total. The van der Waals surface area contributed by atoms with E-state index in [-0.39, 0.29) is 11.3 Å². The molecule has 1 N–H and O–H groups in total. The van der Waals surface area contributed by atoms with Gasteiger partial charge in [0.2, 0.25) is 0 Å². The third-order valence-electron chi connectivity index (χ3n) is 6.12. The standard InChI is InChI=1S/C28H23ClN2O4S/c1-3-16-5-14-21-22(15-16)36-28(30-21)31-24(17-8-12-20(13-9-17)35-4-2)23(26(33)27(31)34)25(32)18-6-10-19(29)11-7-18/h5-15,24,32H,3-4H2,1-2H3/t24-/m1/s1. The maximum atomic E-state index is 13.4. The Labute approximate surface area is 217 Å². The van der Waals surface area contributed by atoms with Gasteiger partial charge in [0, 0.05) is 10.6 Å². The van der Waals surface area contributed by atoms with Gasteiger partial charge in [0.05, 0.1) is 28.4 Å². The SMILES string of the molecule is CCOc1ccc([C@@H]2C(=C(O)c3ccc(Cl)cc3)C(=O)C(=O)N2c2nc3ccc(CC)cc3s2)cc1. The highest BCUT2D eigenvalue weighted by Crippen LogP contribution is 2.44. The predicted molar refractivity (Wildman–Crippen MR) is 143 cm³/mol. The Morgan fingerprint density at radius 1 is 1.06 bits per heavy atom. The monoisotopic (exact) mass is 518 g/mol. The van der Waals surface area contributed by atoms with Gasteiger partial charge < -0.3 is 9.84 Å². The van der Waals surface area contributed by atoms with Crippen molar-refractivity contribution in [2.24, 2.45) is 0 Å². The van der Waals surface area contributed by atoms with Crippen LogP contribution in [-0.4, -0.2) is 28.4 Å². The molecule has 3 aromatic carbocycles. The van der Waals surface area contributed by atoms with Gasteiger partial charge in [-0.3, -0.25) is 14.5 Å². The van der Waals surface area contributed by atoms with Crippen LogP contribution >= 0.6 is 22.9 Å². The molecule has 1 aliphatic heterocycles. The number of Topliss-reactive ketones (excluding diaryl/α,β-unsaturated/α-hetero) is 1. The number of ketones is 1. The number of carbonyl (C=O) groups excluding carboxylic acids is 2. The number of aliphatic hydroxyl groups is 1. The Kier molecular flexibility index (Phi) is 6.51. The Hall–Kier alpha value is -3.68. The number of aliphatic hydroxyl groups excluding tert-OH is 1. The highest BCUT2D eigenvalue weighted by Gasteiger charge is 2.48. The van der Waals surface area contributed by atoms with Crippen LogP contribution in [0.5, 0.6) is 5.75 Å². The van der Waals surface area contributed by atoms with Crippen molar-refractivity contribution in [1.82, 2.24) is 4.98 Å². The lowest BCUT2D eigenvalue weighted by Crippen LogP contribution is -2.29. The topological polar surface area (TPSA) is 79.7 Å². The van der Waals surface area contributed by atoms with Crippen LogP contribution in [0.3, 0.4) is 0 Å². The van der Waals surface area contributed by atoms with Crippen molar-refractivity contribution < 1.29 is 19.4 Å². The molecule has 182 valence electrons. The minimum Gasteiger partial charge on any atom is -0.507 e. The number of rotatable bonds is 6. The number of hydrogen-bond acceptors (Lipinski definition) is 6. The fourth-order valence-electron chi connectivity index (χ4n) is 4.30. The molecule has 0 spiro atoms. The zero-order valence-corrected chi connectivity index (χ0v) is 21.3. The van der Waals surface area contributed by atoms with Gasteiger partial charge in [-0.15, -0.1) is 0 Å². The number of nitrogens with zero attached hydrogens (tertiary/aromatic N) is 2. The molecule has 8 heteroatoms. The number of aryl methyl sites for hydroxylation is 1. The summed E-state index contributed by atoms with van der Waals surface area (Å²) < 4.78 is 6.49. The molecule has 1 amide bonds. The zero-order valence-electron chi connectivity index (χ0n) is 19.7. The van der Waals surface area contributed by atoms with Crippen molar-refractivity contribution >= 4 is 55.7 Å². The maximum Gasteiger partial charge on any atom is 0.301 e. The van der Waals surface area contributed by atoms with Gasteiger partial charge in [-0.25, -0.2) is 4.98 Å². The summed E-state index contributed by atoms with van der Waals surface area (Å²) in [6.45, 7) is 4.48. The van der Waals surface area contributed by atoms with Gasteiger partial charge in [0.15, 0.2) is 5.13 Å². The number of thiazole rings is 1. The normalized spacial score (nSPS) is 17.2. The second kappa shape index (κ2) is 9.76. The average molecular weight is 519 g/mol. The zero-order chi connectivity index (χ0) is 25.4. The van der Waals surface area contributed by atoms with E-state index in [9.17, 15) is 14.7 Å². The van der Waals surface area contributed by atoms with Gasteiger partial charge in [-0.1, -0.05) is 48.1 Å². The van der Waals surface area contributed by atoms with Gasteiger partial charge in [-0.2, -0.15) is 0 Å². The van der Waals surface area contributed by atoms with Crippen molar-refractivity contribution in [2.45, 2.75) is 26.3 Å². The number of aromatic nitrogens is 1. The highest BCUT2D eigenvalue weighted by molar-refractivity contribution is 7.22. The smallest absolute Gasteiger partial charge is 0.301 e. The van der Waals surface area contributed by atoms with E-state index in [2.05, 4.69) is 11.9 Å². The van der Waals surface area contributed by atoms with Crippen LogP contribution in [0.25, 0.3) is 16.0 Å². The summed E-state index contributed by atoms with van der Waals surface area (Å²) in [5.41, 5.74) is 2.95. The van der Waals surface area contributed by atoms with Crippen molar-refractivity contribution in [2.75, 3.05) is 11.5 Å². The van der Waals surface area contributed by atoms with Crippen LogP contribution < -0.4 is 9.64 Å². The predicted octanol–water partition coefficient (Wildman–Crippen LogP) is 6.54. The summed E-state index contributed by atoms with van der Waals surface area (Å²) in [5.74, 6) is -1.10. The van der Waals surface area contributed by atoms with E-state index < -0.39 is 17.7 Å². The van der Waals surface area contributed by atoms with Crippen molar-refractivity contribution in [1.29, 1.82) is 0 Å². The van der Waals surface area contributed by atoms with E-state index in [0.717, 1.165) is 22.2 Å². The Morgan fingerprint density at radius 3 is 2.44 bits per heavy atom. The van der Waals surface area contributed by atoms with Crippen LogP contribution in [0.2, 0.25) is 5.02 Å². The van der Waals surface area contributed by atoms with Crippen molar-refractivity contribution in [3.8, 4) is 5.75 Å². The Bertz CT molecular complexity index is 1490. The molecule has 2 heterocycles. The molecular formula is C28H23ClN2O4S. The van der Waals surface area contributed by atoms with Crippen LogP contribution in [0.1, 0.15) is 36.6 Å². The molecule has 5 rings (SSSR count). The molecule has 4 aromatic rings. The largest absolute Gasteiger partial charge is 0.507 e. The molecule has 36 heavy (non-hydrogen) atoms. The molecule has 1 atom stereocenters. The first-order valence-corrected chi connectivity index (χ1v) is 12.8. The molecule has 1 saturated heterocycles. The van der Waals surface area contributed by atoms with Gasteiger partial charge in [0.25, 0.3) is 5.78 Å². The molecule has 0 unspecified atom stereocenters. The van der Waals surface area contributed by atoms with Crippen molar-refractivity contribution in [3.05, 3.63) is 94.0 Å². The molecule has 0 bridgehead atoms. The minimum absolute atomic E-state index is 0.0000133. The van der Waals surface area contributed by atoms with E-state index in [0.29, 0.717) is 33.6 Å². The quantitative estimate of drug-likeness (QED) is 0.178. The average Bonchev–Trinajstić information content (AvgIpc) is 3.42. The molecule has 0 saturated carbocycles. The number of halogens is 1. The summed E-state index contributed by atoms with van der Waals surface area (Å²) in [6, 6.07) is 18.8. The third-order valence-corrected chi connectivity index (χ3v) is 7.39. The van der Waals surface area contributed by atoms with Gasteiger partial charge in [0.1, 0.15) is 11.5 Å². The summed E-state index contributed by atoms with van der Waals surface area (Å²) >= 11 is 7.36. The lowest BCUT2D eigenvalue weighted by atomic mass is 9.95. The van der Waals surface area contributed by atoms with E-state index in [1.54, 1.807) is 48.5 Å². The van der Waals surface area contributed by atoms with E-state index >= 15 is 0 Å².